The van der Waals surface area contributed by atoms with Crippen molar-refractivity contribution in [2.75, 3.05) is 32.0 Å². The van der Waals surface area contributed by atoms with Gasteiger partial charge in [0.05, 0.1) is 5.75 Å². The Morgan fingerprint density at radius 1 is 1.42 bits per heavy atom. The summed E-state index contributed by atoms with van der Waals surface area (Å²) in [5.41, 5.74) is 0. The summed E-state index contributed by atoms with van der Waals surface area (Å²) in [6.45, 7) is 7.45. The molecule has 0 saturated heterocycles. The van der Waals surface area contributed by atoms with Gasteiger partial charge in [0.1, 0.15) is 6.61 Å². The van der Waals surface area contributed by atoms with Crippen LogP contribution in [-0.4, -0.2) is 42.9 Å². The monoisotopic (exact) mass is 191 g/mol. The predicted molar refractivity (Wildman–Crippen MR) is 52.6 cm³/mol. The third-order valence-electron chi connectivity index (χ3n) is 1.69. The molecule has 4 heteroatoms. The first-order valence-corrected chi connectivity index (χ1v) is 4.86. The number of hydrogen-bond acceptors (Lipinski definition) is 4. The summed E-state index contributed by atoms with van der Waals surface area (Å²) >= 11 is 3.80. The van der Waals surface area contributed by atoms with Crippen LogP contribution in [0.1, 0.15) is 13.8 Å². The molecule has 12 heavy (non-hydrogen) atoms. The molecule has 0 heterocycles. The fourth-order valence-corrected chi connectivity index (χ4v) is 0.965. The predicted octanol–water partition coefficient (Wildman–Crippen LogP) is 0.801. The zero-order valence-electron chi connectivity index (χ0n) is 7.75. The Labute approximate surface area is 79.5 Å². The molecule has 0 aromatic carbocycles. The number of carbonyl (C=O) groups excluding carboxylic acids is 1. The molecule has 0 aliphatic rings. The molecule has 0 aromatic rings. The minimum atomic E-state index is -0.245. The molecule has 0 spiro atoms. The molecule has 0 bridgehead atoms. The van der Waals surface area contributed by atoms with E-state index in [9.17, 15) is 4.79 Å². The van der Waals surface area contributed by atoms with Crippen LogP contribution in [-0.2, 0) is 9.53 Å². The molecule has 0 amide bonds. The molecule has 0 radical (unpaired) electrons. The zero-order valence-corrected chi connectivity index (χ0v) is 8.64. The Hall–Kier alpha value is -0.220. The largest absolute Gasteiger partial charge is 0.464 e. The minimum Gasteiger partial charge on any atom is -0.464 e. The highest BCUT2D eigenvalue weighted by Crippen LogP contribution is 1.88. The summed E-state index contributed by atoms with van der Waals surface area (Å²) < 4.78 is 4.87. The molecule has 0 aliphatic carbocycles. The van der Waals surface area contributed by atoms with Crippen molar-refractivity contribution in [2.45, 2.75) is 13.8 Å². The van der Waals surface area contributed by atoms with E-state index >= 15 is 0 Å². The number of esters is 1. The summed E-state index contributed by atoms with van der Waals surface area (Å²) in [5, 5.41) is 0. The van der Waals surface area contributed by atoms with Crippen LogP contribution in [0.15, 0.2) is 0 Å². The van der Waals surface area contributed by atoms with Gasteiger partial charge in [0, 0.05) is 6.54 Å². The minimum absolute atomic E-state index is 0.165. The first kappa shape index (κ1) is 11.8. The number of carbonyl (C=O) groups is 1. The summed E-state index contributed by atoms with van der Waals surface area (Å²) in [4.78, 5) is 12.9. The number of ether oxygens (including phenoxy) is 1. The van der Waals surface area contributed by atoms with Crippen LogP contribution in [0.25, 0.3) is 0 Å². The first-order chi connectivity index (χ1) is 5.74. The van der Waals surface area contributed by atoms with Crippen LogP contribution >= 0.6 is 12.6 Å². The maximum atomic E-state index is 10.7. The van der Waals surface area contributed by atoms with Crippen LogP contribution in [0.2, 0.25) is 0 Å². The van der Waals surface area contributed by atoms with Crippen molar-refractivity contribution in [3.8, 4) is 0 Å². The van der Waals surface area contributed by atoms with Crippen molar-refractivity contribution in [1.29, 1.82) is 0 Å². The average molecular weight is 191 g/mol. The molecule has 0 rings (SSSR count). The Morgan fingerprint density at radius 2 is 2.00 bits per heavy atom. The zero-order chi connectivity index (χ0) is 9.40. The molecule has 0 aromatic heterocycles. The molecular weight excluding hydrogens is 174 g/mol. The average Bonchev–Trinajstić information content (AvgIpc) is 2.12. The van der Waals surface area contributed by atoms with E-state index in [-0.39, 0.29) is 11.7 Å². The molecular formula is C8H17NO2S. The number of likely N-dealkylation sites (N-methyl/N-ethyl adjacent to an activating group) is 1. The van der Waals surface area contributed by atoms with E-state index in [1.54, 1.807) is 0 Å². The number of hydrogen-bond donors (Lipinski definition) is 1. The SMILES string of the molecule is CCN(CC)CCOC(=O)CS. The molecule has 3 nitrogen and oxygen atoms in total. The number of nitrogens with zero attached hydrogens (tertiary/aromatic N) is 1. The van der Waals surface area contributed by atoms with Gasteiger partial charge in [0.2, 0.25) is 0 Å². The Morgan fingerprint density at radius 3 is 2.42 bits per heavy atom. The maximum absolute atomic E-state index is 10.7. The van der Waals surface area contributed by atoms with Crippen molar-refractivity contribution >= 4 is 18.6 Å². The van der Waals surface area contributed by atoms with Gasteiger partial charge in [0.25, 0.3) is 0 Å². The van der Waals surface area contributed by atoms with Gasteiger partial charge in [-0.25, -0.2) is 0 Å². The molecule has 0 saturated carbocycles. The van der Waals surface area contributed by atoms with Crippen LogP contribution in [0.3, 0.4) is 0 Å². The molecule has 0 atom stereocenters. The van der Waals surface area contributed by atoms with Crippen molar-refractivity contribution < 1.29 is 9.53 Å². The van der Waals surface area contributed by atoms with Crippen molar-refractivity contribution in [3.05, 3.63) is 0 Å². The Kier molecular flexibility index (Phi) is 7.29. The number of rotatable bonds is 6. The maximum Gasteiger partial charge on any atom is 0.315 e. The van der Waals surface area contributed by atoms with E-state index in [2.05, 4.69) is 31.4 Å². The third-order valence-corrected chi connectivity index (χ3v) is 1.95. The number of thiol groups is 1. The van der Waals surface area contributed by atoms with E-state index in [4.69, 9.17) is 4.74 Å². The van der Waals surface area contributed by atoms with Gasteiger partial charge < -0.3 is 9.64 Å². The van der Waals surface area contributed by atoms with Crippen LogP contribution in [0, 0.1) is 0 Å². The van der Waals surface area contributed by atoms with Crippen molar-refractivity contribution in [1.82, 2.24) is 4.90 Å². The van der Waals surface area contributed by atoms with E-state index in [0.29, 0.717) is 6.61 Å². The lowest BCUT2D eigenvalue weighted by Crippen LogP contribution is -2.28. The first-order valence-electron chi connectivity index (χ1n) is 4.23. The van der Waals surface area contributed by atoms with E-state index in [0.717, 1.165) is 19.6 Å². The summed E-state index contributed by atoms with van der Waals surface area (Å²) in [5.74, 6) is -0.0800. The van der Waals surface area contributed by atoms with Gasteiger partial charge in [-0.3, -0.25) is 4.79 Å². The lowest BCUT2D eigenvalue weighted by molar-refractivity contribution is -0.140. The summed E-state index contributed by atoms with van der Waals surface area (Å²) in [6, 6.07) is 0. The van der Waals surface area contributed by atoms with Gasteiger partial charge in [-0.05, 0) is 13.1 Å². The van der Waals surface area contributed by atoms with E-state index in [1.807, 2.05) is 0 Å². The van der Waals surface area contributed by atoms with Gasteiger partial charge in [-0.1, -0.05) is 13.8 Å². The lowest BCUT2D eigenvalue weighted by atomic mass is 10.5. The quantitative estimate of drug-likeness (QED) is 0.497. The van der Waals surface area contributed by atoms with Crippen LogP contribution in [0.5, 0.6) is 0 Å². The van der Waals surface area contributed by atoms with Gasteiger partial charge in [-0.2, -0.15) is 12.6 Å². The highest BCUT2D eigenvalue weighted by Gasteiger charge is 2.01. The second-order valence-electron chi connectivity index (χ2n) is 2.41. The molecule has 0 N–H and O–H groups in total. The van der Waals surface area contributed by atoms with E-state index < -0.39 is 0 Å². The standard InChI is InChI=1S/C8H17NO2S/c1-3-9(4-2)5-6-11-8(10)7-12/h12H,3-7H2,1-2H3. The highest BCUT2D eigenvalue weighted by atomic mass is 32.1. The fraction of sp³-hybridized carbons (Fsp3) is 0.875. The Bertz CT molecular complexity index is 126. The van der Waals surface area contributed by atoms with Crippen molar-refractivity contribution in [3.63, 3.8) is 0 Å². The van der Waals surface area contributed by atoms with Crippen molar-refractivity contribution in [2.24, 2.45) is 0 Å². The lowest BCUT2D eigenvalue weighted by Gasteiger charge is -2.17. The van der Waals surface area contributed by atoms with Gasteiger partial charge in [0.15, 0.2) is 0 Å². The summed E-state index contributed by atoms with van der Waals surface area (Å²) in [6.07, 6.45) is 0. The normalized spacial score (nSPS) is 10.3. The Balaban J connectivity index is 3.34. The molecule has 0 aliphatic heterocycles. The fourth-order valence-electron chi connectivity index (χ4n) is 0.874. The molecule has 72 valence electrons. The summed E-state index contributed by atoms with van der Waals surface area (Å²) in [7, 11) is 0. The highest BCUT2D eigenvalue weighted by molar-refractivity contribution is 7.81. The molecule has 0 fully saturated rings. The van der Waals surface area contributed by atoms with Crippen LogP contribution in [0.4, 0.5) is 0 Å². The second kappa shape index (κ2) is 7.43. The second-order valence-corrected chi connectivity index (χ2v) is 2.72. The molecule has 0 unspecified atom stereocenters. The van der Waals surface area contributed by atoms with Crippen LogP contribution < -0.4 is 0 Å². The topological polar surface area (TPSA) is 29.5 Å². The van der Waals surface area contributed by atoms with Gasteiger partial charge in [-0.15, -0.1) is 0 Å². The smallest absolute Gasteiger partial charge is 0.315 e. The van der Waals surface area contributed by atoms with E-state index in [1.165, 1.54) is 0 Å². The third kappa shape index (κ3) is 5.43. The van der Waals surface area contributed by atoms with Gasteiger partial charge >= 0.3 is 5.97 Å².